The third-order valence-corrected chi connectivity index (χ3v) is 2.81. The van der Waals surface area contributed by atoms with Crippen molar-refractivity contribution in [3.63, 3.8) is 0 Å². The van der Waals surface area contributed by atoms with Crippen molar-refractivity contribution in [3.05, 3.63) is 35.0 Å². The van der Waals surface area contributed by atoms with Crippen molar-refractivity contribution in [2.45, 2.75) is 20.3 Å². The zero-order valence-electron chi connectivity index (χ0n) is 10.3. The Kier molecular flexibility index (Phi) is 3.24. The summed E-state index contributed by atoms with van der Waals surface area (Å²) in [5, 5.41) is 17.1. The van der Waals surface area contributed by atoms with Crippen molar-refractivity contribution in [1.82, 2.24) is 10.2 Å². The molecule has 90 valence electrons. The number of nitrogens with zero attached hydrogens (tertiary/aromatic N) is 2. The van der Waals surface area contributed by atoms with E-state index in [0.717, 1.165) is 28.6 Å². The molecule has 0 atom stereocenters. The van der Waals surface area contributed by atoms with E-state index in [1.807, 2.05) is 31.2 Å². The van der Waals surface area contributed by atoms with Gasteiger partial charge in [0.2, 0.25) is 0 Å². The van der Waals surface area contributed by atoms with E-state index >= 15 is 0 Å². The molecule has 0 aliphatic carbocycles. The van der Waals surface area contributed by atoms with Crippen molar-refractivity contribution < 1.29 is 4.79 Å². The van der Waals surface area contributed by atoms with E-state index in [1.54, 1.807) is 6.08 Å². The lowest BCUT2D eigenvalue weighted by atomic mass is 10.1. The summed E-state index contributed by atoms with van der Waals surface area (Å²) in [5.41, 5.74) is 2.95. The minimum Gasteiger partial charge on any atom is -0.294 e. The number of benzene rings is 1. The fourth-order valence-corrected chi connectivity index (χ4v) is 1.82. The molecule has 0 aliphatic rings. The average Bonchev–Trinajstić information content (AvgIpc) is 2.77. The van der Waals surface area contributed by atoms with Gasteiger partial charge in [-0.15, -0.1) is 0 Å². The van der Waals surface area contributed by atoms with Gasteiger partial charge in [-0.1, -0.05) is 13.0 Å². The van der Waals surface area contributed by atoms with Crippen LogP contribution in [-0.4, -0.2) is 16.0 Å². The highest BCUT2D eigenvalue weighted by molar-refractivity contribution is 6.02. The monoisotopic (exact) mass is 239 g/mol. The highest BCUT2D eigenvalue weighted by atomic mass is 16.1. The van der Waals surface area contributed by atoms with Crippen LogP contribution in [0.2, 0.25) is 0 Å². The van der Waals surface area contributed by atoms with Crippen molar-refractivity contribution in [3.8, 4) is 6.07 Å². The molecule has 0 saturated carbocycles. The average molecular weight is 239 g/mol. The summed E-state index contributed by atoms with van der Waals surface area (Å²) in [6.07, 6.45) is 2.44. The fourth-order valence-electron chi connectivity index (χ4n) is 1.82. The number of carbonyl (C=O) groups excluding carboxylic acids is 1. The minimum atomic E-state index is -0.222. The second kappa shape index (κ2) is 4.84. The molecule has 0 spiro atoms. The molecule has 0 saturated heterocycles. The summed E-state index contributed by atoms with van der Waals surface area (Å²) in [6, 6.07) is 7.62. The maximum atomic E-state index is 11.2. The zero-order valence-corrected chi connectivity index (χ0v) is 10.3. The number of hydrogen-bond donors (Lipinski definition) is 1. The lowest BCUT2D eigenvalue weighted by Gasteiger charge is -1.97. The third kappa shape index (κ3) is 2.16. The number of aryl methyl sites for hydroxylation is 1. The Morgan fingerprint density at radius 3 is 2.94 bits per heavy atom. The first-order valence-electron chi connectivity index (χ1n) is 5.75. The topological polar surface area (TPSA) is 69.5 Å². The van der Waals surface area contributed by atoms with Gasteiger partial charge >= 0.3 is 0 Å². The molecule has 1 N–H and O–H groups in total. The Morgan fingerprint density at radius 1 is 1.56 bits per heavy atom. The van der Waals surface area contributed by atoms with Gasteiger partial charge in [-0.05, 0) is 37.1 Å². The number of H-pyrrole nitrogens is 1. The van der Waals surface area contributed by atoms with E-state index in [1.165, 1.54) is 6.92 Å². The predicted octanol–water partition coefficient (Wildman–Crippen LogP) is 2.62. The van der Waals surface area contributed by atoms with Gasteiger partial charge in [0, 0.05) is 5.39 Å². The first kappa shape index (κ1) is 12.1. The van der Waals surface area contributed by atoms with Crippen LogP contribution in [0, 0.1) is 11.3 Å². The summed E-state index contributed by atoms with van der Waals surface area (Å²) >= 11 is 0. The second-order valence-electron chi connectivity index (χ2n) is 4.05. The number of ketones is 1. The van der Waals surface area contributed by atoms with E-state index in [0.29, 0.717) is 0 Å². The molecule has 0 bridgehead atoms. The van der Waals surface area contributed by atoms with Gasteiger partial charge in [-0.25, -0.2) is 0 Å². The molecule has 4 heteroatoms. The van der Waals surface area contributed by atoms with E-state index in [2.05, 4.69) is 10.2 Å². The van der Waals surface area contributed by atoms with Gasteiger partial charge in [0.05, 0.1) is 16.8 Å². The molecule has 1 aromatic heterocycles. The summed E-state index contributed by atoms with van der Waals surface area (Å²) in [6.45, 7) is 3.43. The molecule has 2 aromatic rings. The standard InChI is InChI=1S/C14H13N3O/c1-3-13-12-7-10(4-5-14(12)17-16-13)6-11(8-15)9(2)18/h4-7H,3H2,1-2H3,(H,16,17). The van der Waals surface area contributed by atoms with Gasteiger partial charge in [-0.2, -0.15) is 10.4 Å². The number of allylic oxidation sites excluding steroid dienone is 1. The lowest BCUT2D eigenvalue weighted by molar-refractivity contribution is -0.113. The number of aromatic nitrogens is 2. The third-order valence-electron chi connectivity index (χ3n) is 2.81. The van der Waals surface area contributed by atoms with Gasteiger partial charge < -0.3 is 0 Å². The van der Waals surface area contributed by atoms with E-state index in [4.69, 9.17) is 5.26 Å². The van der Waals surface area contributed by atoms with Crippen LogP contribution in [0.4, 0.5) is 0 Å². The molecular weight excluding hydrogens is 226 g/mol. The molecule has 0 amide bonds. The normalized spacial score (nSPS) is 11.5. The van der Waals surface area contributed by atoms with Crippen LogP contribution in [0.1, 0.15) is 25.1 Å². The maximum absolute atomic E-state index is 11.2. The highest BCUT2D eigenvalue weighted by Gasteiger charge is 2.06. The molecule has 0 unspecified atom stereocenters. The number of aromatic amines is 1. The first-order valence-corrected chi connectivity index (χ1v) is 5.75. The second-order valence-corrected chi connectivity index (χ2v) is 4.05. The Balaban J connectivity index is 2.53. The molecule has 0 fully saturated rings. The predicted molar refractivity (Wildman–Crippen MR) is 69.7 cm³/mol. The largest absolute Gasteiger partial charge is 0.294 e. The minimum absolute atomic E-state index is 0.163. The van der Waals surface area contributed by atoms with Crippen molar-refractivity contribution >= 4 is 22.8 Å². The molecular formula is C14H13N3O. The van der Waals surface area contributed by atoms with Crippen LogP contribution < -0.4 is 0 Å². The molecule has 0 aliphatic heterocycles. The highest BCUT2D eigenvalue weighted by Crippen LogP contribution is 2.19. The Bertz CT molecular complexity index is 674. The Labute approximate surface area is 105 Å². The smallest absolute Gasteiger partial charge is 0.170 e. The number of Topliss-reactive ketones (excluding diaryl/α,β-unsaturated/α-hetero) is 1. The van der Waals surface area contributed by atoms with Crippen LogP contribution >= 0.6 is 0 Å². The number of nitrogens with one attached hydrogen (secondary N) is 1. The van der Waals surface area contributed by atoms with Crippen molar-refractivity contribution in [1.29, 1.82) is 5.26 Å². The first-order chi connectivity index (χ1) is 8.65. The molecule has 4 nitrogen and oxygen atoms in total. The summed E-state index contributed by atoms with van der Waals surface area (Å²) in [5.74, 6) is -0.222. The maximum Gasteiger partial charge on any atom is 0.170 e. The molecule has 1 heterocycles. The number of fused-ring (bicyclic) bond motifs is 1. The van der Waals surface area contributed by atoms with Crippen LogP contribution in [0.5, 0.6) is 0 Å². The molecule has 18 heavy (non-hydrogen) atoms. The van der Waals surface area contributed by atoms with Crippen LogP contribution in [0.15, 0.2) is 23.8 Å². The summed E-state index contributed by atoms with van der Waals surface area (Å²) < 4.78 is 0. The van der Waals surface area contributed by atoms with Crippen LogP contribution in [0.25, 0.3) is 17.0 Å². The quantitative estimate of drug-likeness (QED) is 0.661. The van der Waals surface area contributed by atoms with Gasteiger partial charge in [-0.3, -0.25) is 9.89 Å². The lowest BCUT2D eigenvalue weighted by Crippen LogP contribution is -1.92. The van der Waals surface area contributed by atoms with Crippen molar-refractivity contribution in [2.75, 3.05) is 0 Å². The zero-order chi connectivity index (χ0) is 13.1. The Morgan fingerprint density at radius 2 is 2.33 bits per heavy atom. The fraction of sp³-hybridized carbons (Fsp3) is 0.214. The van der Waals surface area contributed by atoms with E-state index in [9.17, 15) is 4.79 Å². The van der Waals surface area contributed by atoms with Crippen LogP contribution in [-0.2, 0) is 11.2 Å². The number of nitriles is 1. The van der Waals surface area contributed by atoms with Gasteiger partial charge in [0.15, 0.2) is 5.78 Å². The SMILES string of the molecule is CCc1n[nH]c2ccc(C=C(C#N)C(C)=O)cc12. The number of carbonyl (C=O) groups is 1. The van der Waals surface area contributed by atoms with Gasteiger partial charge in [0.1, 0.15) is 6.07 Å². The molecule has 2 rings (SSSR count). The summed E-state index contributed by atoms with van der Waals surface area (Å²) in [7, 11) is 0. The van der Waals surface area contributed by atoms with E-state index < -0.39 is 0 Å². The number of rotatable bonds is 3. The number of hydrogen-bond acceptors (Lipinski definition) is 3. The van der Waals surface area contributed by atoms with E-state index in [-0.39, 0.29) is 11.4 Å². The Hall–Kier alpha value is -2.41. The van der Waals surface area contributed by atoms with Gasteiger partial charge in [0.25, 0.3) is 0 Å². The van der Waals surface area contributed by atoms with Crippen molar-refractivity contribution in [2.24, 2.45) is 0 Å². The van der Waals surface area contributed by atoms with Crippen LogP contribution in [0.3, 0.4) is 0 Å². The molecule has 0 radical (unpaired) electrons. The molecule has 1 aromatic carbocycles. The summed E-state index contributed by atoms with van der Waals surface area (Å²) in [4.78, 5) is 11.2.